The Morgan fingerprint density at radius 3 is 2.29 bits per heavy atom. The molecule has 21 heavy (non-hydrogen) atoms. The minimum Gasteiger partial charge on any atom is -0.462 e. The maximum Gasteiger partial charge on any atom is 0.338 e. The Hall–Kier alpha value is -2.14. The molecule has 0 bridgehead atoms. The number of nitrogens with one attached hydrogen (secondary N) is 1. The molecule has 1 atom stereocenters. The topological polar surface area (TPSA) is 55.4 Å². The minimum absolute atomic E-state index is 0.344. The Morgan fingerprint density at radius 1 is 1.10 bits per heavy atom. The number of carbonyl (C=O) groups is 1. The summed E-state index contributed by atoms with van der Waals surface area (Å²) in [7, 11) is -1.33. The molecule has 0 heterocycles. The van der Waals surface area contributed by atoms with Crippen LogP contribution in [0.5, 0.6) is 0 Å². The van der Waals surface area contributed by atoms with E-state index in [4.69, 9.17) is 4.74 Å². The quantitative estimate of drug-likeness (QED) is 0.862. The van der Waals surface area contributed by atoms with Crippen molar-refractivity contribution < 1.29 is 13.7 Å². The third kappa shape index (κ3) is 4.16. The first-order valence-electron chi connectivity index (χ1n) is 6.62. The number of anilines is 1. The summed E-state index contributed by atoms with van der Waals surface area (Å²) in [6.07, 6.45) is 0. The predicted octanol–water partition coefficient (Wildman–Crippen LogP) is 3.31. The van der Waals surface area contributed by atoms with Crippen molar-refractivity contribution in [3.63, 3.8) is 0 Å². The highest BCUT2D eigenvalue weighted by atomic mass is 32.2. The molecule has 4 nitrogen and oxygen atoms in total. The second-order valence-electron chi connectivity index (χ2n) is 4.48. The van der Waals surface area contributed by atoms with Crippen LogP contribution in [0, 0.1) is 6.92 Å². The van der Waals surface area contributed by atoms with Crippen molar-refractivity contribution in [3.05, 3.63) is 59.7 Å². The van der Waals surface area contributed by atoms with Gasteiger partial charge in [0.1, 0.15) is 11.0 Å². The summed E-state index contributed by atoms with van der Waals surface area (Å²) in [6, 6.07) is 14.2. The van der Waals surface area contributed by atoms with Gasteiger partial charge >= 0.3 is 5.97 Å². The molecule has 2 aromatic rings. The molecule has 0 aliphatic rings. The number of rotatable bonds is 5. The summed E-state index contributed by atoms with van der Waals surface area (Å²) in [5.41, 5.74) is 2.28. The van der Waals surface area contributed by atoms with Gasteiger partial charge in [0.2, 0.25) is 0 Å². The molecule has 2 rings (SSSR count). The molecule has 0 aromatic heterocycles. The third-order valence-corrected chi connectivity index (χ3v) is 3.96. The smallest absolute Gasteiger partial charge is 0.338 e. The molecule has 0 radical (unpaired) electrons. The van der Waals surface area contributed by atoms with Gasteiger partial charge in [0.05, 0.1) is 17.1 Å². The number of aryl methyl sites for hydroxylation is 1. The normalized spacial score (nSPS) is 11.7. The number of benzene rings is 2. The maximum atomic E-state index is 12.2. The summed E-state index contributed by atoms with van der Waals surface area (Å²) >= 11 is 0. The van der Waals surface area contributed by atoms with E-state index in [2.05, 4.69) is 4.72 Å². The van der Waals surface area contributed by atoms with Crippen LogP contribution in [0.3, 0.4) is 0 Å². The molecule has 0 saturated heterocycles. The Morgan fingerprint density at radius 2 is 1.71 bits per heavy atom. The van der Waals surface area contributed by atoms with Crippen molar-refractivity contribution in [2.45, 2.75) is 18.7 Å². The van der Waals surface area contributed by atoms with Crippen LogP contribution in [0.15, 0.2) is 53.4 Å². The highest BCUT2D eigenvalue weighted by molar-refractivity contribution is 7.86. The lowest BCUT2D eigenvalue weighted by atomic mass is 10.2. The first-order valence-corrected chi connectivity index (χ1v) is 7.77. The molecular weight excluding hydrogens is 286 g/mol. The lowest BCUT2D eigenvalue weighted by Gasteiger charge is -2.07. The fourth-order valence-electron chi connectivity index (χ4n) is 1.72. The monoisotopic (exact) mass is 303 g/mol. The largest absolute Gasteiger partial charge is 0.462 e. The van der Waals surface area contributed by atoms with Gasteiger partial charge in [0.15, 0.2) is 0 Å². The molecule has 1 unspecified atom stereocenters. The molecule has 0 aliphatic heterocycles. The van der Waals surface area contributed by atoms with E-state index in [0.29, 0.717) is 22.8 Å². The van der Waals surface area contributed by atoms with Gasteiger partial charge < -0.3 is 9.46 Å². The average Bonchev–Trinajstić information content (AvgIpc) is 2.49. The van der Waals surface area contributed by atoms with Gasteiger partial charge in [-0.3, -0.25) is 0 Å². The fourth-order valence-corrected chi connectivity index (χ4v) is 2.57. The van der Waals surface area contributed by atoms with Crippen LogP contribution >= 0.6 is 0 Å². The van der Waals surface area contributed by atoms with E-state index in [9.17, 15) is 9.00 Å². The second-order valence-corrected chi connectivity index (χ2v) is 5.69. The number of hydrogen-bond donors (Lipinski definition) is 1. The number of hydrogen-bond acceptors (Lipinski definition) is 3. The van der Waals surface area contributed by atoms with Gasteiger partial charge in [-0.15, -0.1) is 0 Å². The zero-order valence-corrected chi connectivity index (χ0v) is 12.8. The molecular formula is C16H17NO3S. The zero-order valence-electron chi connectivity index (χ0n) is 12.0. The van der Waals surface area contributed by atoms with Crippen LogP contribution in [0.2, 0.25) is 0 Å². The highest BCUT2D eigenvalue weighted by Crippen LogP contribution is 2.15. The van der Waals surface area contributed by atoms with Crippen molar-refractivity contribution in [2.24, 2.45) is 0 Å². The lowest BCUT2D eigenvalue weighted by Crippen LogP contribution is -2.06. The fraction of sp³-hybridized carbons (Fsp3) is 0.188. The molecule has 2 aromatic carbocycles. The van der Waals surface area contributed by atoms with Crippen molar-refractivity contribution in [1.82, 2.24) is 0 Å². The van der Waals surface area contributed by atoms with Crippen LogP contribution in [-0.4, -0.2) is 16.8 Å². The van der Waals surface area contributed by atoms with Crippen molar-refractivity contribution >= 4 is 22.6 Å². The molecule has 0 spiro atoms. The zero-order chi connectivity index (χ0) is 15.2. The van der Waals surface area contributed by atoms with Crippen LogP contribution < -0.4 is 4.72 Å². The Balaban J connectivity index is 2.04. The Labute approximate surface area is 126 Å². The van der Waals surface area contributed by atoms with E-state index in [1.807, 2.05) is 31.2 Å². The summed E-state index contributed by atoms with van der Waals surface area (Å²) < 4.78 is 20.0. The van der Waals surface area contributed by atoms with Gasteiger partial charge in [0, 0.05) is 5.69 Å². The first kappa shape index (κ1) is 15.3. The molecule has 0 amide bonds. The molecule has 0 fully saturated rings. The van der Waals surface area contributed by atoms with Crippen molar-refractivity contribution in [3.8, 4) is 0 Å². The third-order valence-electron chi connectivity index (χ3n) is 2.84. The standard InChI is InChI=1S/C16H17NO3S/c1-3-20-16(18)13-6-8-14(9-7-13)17-21(19)15-10-4-12(2)5-11-15/h4-11,17H,3H2,1-2H3. The van der Waals surface area contributed by atoms with E-state index >= 15 is 0 Å². The summed E-state index contributed by atoms with van der Waals surface area (Å²) in [4.78, 5) is 12.2. The molecule has 110 valence electrons. The summed E-state index contributed by atoms with van der Waals surface area (Å²) in [6.45, 7) is 4.09. The summed E-state index contributed by atoms with van der Waals surface area (Å²) in [5.74, 6) is -0.358. The van der Waals surface area contributed by atoms with Gasteiger partial charge in [0.25, 0.3) is 0 Å². The molecule has 5 heteroatoms. The molecule has 0 saturated carbocycles. The number of esters is 1. The second kappa shape index (κ2) is 7.04. The van der Waals surface area contributed by atoms with Crippen LogP contribution in [0.25, 0.3) is 0 Å². The number of ether oxygens (including phenoxy) is 1. The molecule has 1 N–H and O–H groups in total. The van der Waals surface area contributed by atoms with Crippen molar-refractivity contribution in [1.29, 1.82) is 0 Å². The van der Waals surface area contributed by atoms with Crippen LogP contribution in [0.4, 0.5) is 5.69 Å². The van der Waals surface area contributed by atoms with Gasteiger partial charge in [-0.25, -0.2) is 9.00 Å². The molecule has 0 aliphatic carbocycles. The lowest BCUT2D eigenvalue weighted by molar-refractivity contribution is 0.0526. The van der Waals surface area contributed by atoms with E-state index in [0.717, 1.165) is 5.56 Å². The van der Waals surface area contributed by atoms with E-state index in [1.165, 1.54) is 0 Å². The minimum atomic E-state index is -1.33. The average molecular weight is 303 g/mol. The van der Waals surface area contributed by atoms with Gasteiger partial charge in [-0.2, -0.15) is 0 Å². The van der Waals surface area contributed by atoms with Crippen molar-refractivity contribution in [2.75, 3.05) is 11.3 Å². The van der Waals surface area contributed by atoms with Crippen LogP contribution in [0.1, 0.15) is 22.8 Å². The Kier molecular flexibility index (Phi) is 5.11. The number of carbonyl (C=O) groups excluding carboxylic acids is 1. The Bertz CT molecular complexity index is 636. The highest BCUT2D eigenvalue weighted by Gasteiger charge is 2.07. The first-order chi connectivity index (χ1) is 10.1. The van der Waals surface area contributed by atoms with E-state index in [1.54, 1.807) is 31.2 Å². The summed E-state index contributed by atoms with van der Waals surface area (Å²) in [5, 5.41) is 0. The maximum absolute atomic E-state index is 12.2. The van der Waals surface area contributed by atoms with Crippen LogP contribution in [-0.2, 0) is 15.7 Å². The van der Waals surface area contributed by atoms with E-state index in [-0.39, 0.29) is 5.97 Å². The van der Waals surface area contributed by atoms with E-state index < -0.39 is 11.0 Å². The van der Waals surface area contributed by atoms with Gasteiger partial charge in [-0.05, 0) is 50.2 Å². The van der Waals surface area contributed by atoms with Gasteiger partial charge in [-0.1, -0.05) is 17.7 Å². The predicted molar refractivity (Wildman–Crippen MR) is 83.6 cm³/mol. The SMILES string of the molecule is CCOC(=O)c1ccc(NS(=O)c2ccc(C)cc2)cc1.